The number of H-pyrrole nitrogens is 1. The molecule has 0 fully saturated rings. The highest BCUT2D eigenvalue weighted by molar-refractivity contribution is 7.89. The average Bonchev–Trinajstić information content (AvgIpc) is 2.70. The highest BCUT2D eigenvalue weighted by atomic mass is 32.2. The zero-order valence-corrected chi connectivity index (χ0v) is 16.4. The Balaban J connectivity index is 1.71. The predicted molar refractivity (Wildman–Crippen MR) is 105 cm³/mol. The Kier molecular flexibility index (Phi) is 6.04. The van der Waals surface area contributed by atoms with E-state index in [1.807, 2.05) is 0 Å². The van der Waals surface area contributed by atoms with Crippen LogP contribution in [-0.4, -0.2) is 42.3 Å². The Hall–Kier alpha value is -3.11. The summed E-state index contributed by atoms with van der Waals surface area (Å²) in [5, 5.41) is 0.442. The first-order valence-electron chi connectivity index (χ1n) is 8.81. The quantitative estimate of drug-likeness (QED) is 0.602. The minimum atomic E-state index is -3.96. The molecule has 1 amide bonds. The number of carbonyl (C=O) groups is 1. The number of hydrogen-bond acceptors (Lipinski definition) is 5. The van der Waals surface area contributed by atoms with Gasteiger partial charge < -0.3 is 9.88 Å². The van der Waals surface area contributed by atoms with E-state index in [1.165, 1.54) is 4.90 Å². The van der Waals surface area contributed by atoms with Gasteiger partial charge in [-0.2, -0.15) is 0 Å². The first-order valence-corrected chi connectivity index (χ1v) is 10.3. The molecule has 0 radical (unpaired) electrons. The number of nitrogens with zero attached hydrogens (tertiary/aromatic N) is 2. The van der Waals surface area contributed by atoms with Gasteiger partial charge in [0.05, 0.1) is 28.9 Å². The van der Waals surface area contributed by atoms with Gasteiger partial charge in [-0.15, -0.1) is 0 Å². The lowest BCUT2D eigenvalue weighted by molar-refractivity contribution is -0.130. The number of aromatic nitrogens is 2. The number of rotatable bonds is 7. The van der Waals surface area contributed by atoms with Gasteiger partial charge in [0.2, 0.25) is 15.9 Å². The van der Waals surface area contributed by atoms with Gasteiger partial charge in [0.1, 0.15) is 11.6 Å². The molecule has 3 aromatic rings. The number of hydrogen-bond donors (Lipinski definition) is 2. The van der Waals surface area contributed by atoms with Crippen molar-refractivity contribution in [3.8, 4) is 0 Å². The molecule has 3 rings (SSSR count). The number of nitrogens with one attached hydrogen (secondary N) is 2. The molecule has 0 saturated carbocycles. The molecule has 0 aliphatic heterocycles. The van der Waals surface area contributed by atoms with E-state index in [2.05, 4.69) is 14.7 Å². The molecule has 0 atom stereocenters. The van der Waals surface area contributed by atoms with Crippen LogP contribution in [0.3, 0.4) is 0 Å². The number of carbonyl (C=O) groups excluding carboxylic acids is 1. The fraction of sp³-hybridized carbons (Fsp3) is 0.211. The normalized spacial score (nSPS) is 11.5. The van der Waals surface area contributed by atoms with E-state index in [-0.39, 0.29) is 23.5 Å². The molecule has 29 heavy (non-hydrogen) atoms. The van der Waals surface area contributed by atoms with Crippen LogP contribution in [0.4, 0.5) is 4.39 Å². The van der Waals surface area contributed by atoms with Crippen molar-refractivity contribution in [3.05, 3.63) is 70.5 Å². The van der Waals surface area contributed by atoms with Gasteiger partial charge in [0, 0.05) is 6.54 Å². The molecule has 0 aliphatic carbocycles. The Bertz CT molecular complexity index is 1190. The molecule has 152 valence electrons. The van der Waals surface area contributed by atoms with E-state index in [0.717, 1.165) is 24.3 Å². The highest BCUT2D eigenvalue weighted by Crippen LogP contribution is 2.10. The lowest BCUT2D eigenvalue weighted by Crippen LogP contribution is -2.40. The van der Waals surface area contributed by atoms with Gasteiger partial charge in [-0.1, -0.05) is 12.1 Å². The van der Waals surface area contributed by atoms with E-state index >= 15 is 0 Å². The van der Waals surface area contributed by atoms with Gasteiger partial charge in [-0.3, -0.25) is 9.59 Å². The van der Waals surface area contributed by atoms with Crippen LogP contribution in [0.15, 0.2) is 58.2 Å². The molecular formula is C19H19FN4O4S. The SMILES string of the molecule is CCN(Cc1nc2ccccc2c(=O)[nH]1)C(=O)CNS(=O)(=O)c1ccc(F)cc1. The Morgan fingerprint density at radius 1 is 1.17 bits per heavy atom. The van der Waals surface area contributed by atoms with Crippen molar-refractivity contribution in [2.75, 3.05) is 13.1 Å². The van der Waals surface area contributed by atoms with Crippen LogP contribution in [0, 0.1) is 5.82 Å². The van der Waals surface area contributed by atoms with E-state index in [1.54, 1.807) is 31.2 Å². The van der Waals surface area contributed by atoms with Crippen LogP contribution in [0.5, 0.6) is 0 Å². The first kappa shape index (κ1) is 20.6. The van der Waals surface area contributed by atoms with Crippen molar-refractivity contribution in [2.45, 2.75) is 18.4 Å². The zero-order chi connectivity index (χ0) is 21.0. The molecule has 0 spiro atoms. The van der Waals surface area contributed by atoms with Crippen molar-refractivity contribution >= 4 is 26.8 Å². The Morgan fingerprint density at radius 3 is 2.55 bits per heavy atom. The first-order chi connectivity index (χ1) is 13.8. The number of para-hydroxylation sites is 1. The van der Waals surface area contributed by atoms with E-state index in [4.69, 9.17) is 0 Å². The smallest absolute Gasteiger partial charge is 0.258 e. The molecular weight excluding hydrogens is 399 g/mol. The largest absolute Gasteiger partial charge is 0.334 e. The molecule has 0 saturated heterocycles. The molecule has 8 nitrogen and oxygen atoms in total. The third kappa shape index (κ3) is 4.84. The number of sulfonamides is 1. The summed E-state index contributed by atoms with van der Waals surface area (Å²) in [4.78, 5) is 32.8. The molecule has 2 aromatic carbocycles. The van der Waals surface area contributed by atoms with Crippen molar-refractivity contribution in [2.24, 2.45) is 0 Å². The number of benzene rings is 2. The third-order valence-corrected chi connectivity index (χ3v) is 5.69. The third-order valence-electron chi connectivity index (χ3n) is 4.27. The standard InChI is InChI=1S/C19H19FN4O4S/c1-2-24(12-17-22-16-6-4-3-5-15(16)19(26)23-17)18(25)11-21-29(27,28)14-9-7-13(20)8-10-14/h3-10,21H,2,11-12H2,1H3,(H,22,23,26). The van der Waals surface area contributed by atoms with Crippen LogP contribution in [-0.2, 0) is 21.4 Å². The maximum absolute atomic E-state index is 13.0. The van der Waals surface area contributed by atoms with Crippen LogP contribution < -0.4 is 10.3 Å². The fourth-order valence-corrected chi connectivity index (χ4v) is 3.71. The summed E-state index contributed by atoms with van der Waals surface area (Å²) in [7, 11) is -3.96. The molecule has 2 N–H and O–H groups in total. The Labute approximate surface area is 166 Å². The van der Waals surface area contributed by atoms with Gasteiger partial charge >= 0.3 is 0 Å². The molecule has 0 bridgehead atoms. The van der Waals surface area contributed by atoms with Gasteiger partial charge in [0.25, 0.3) is 5.56 Å². The van der Waals surface area contributed by atoms with Crippen molar-refractivity contribution in [3.63, 3.8) is 0 Å². The fourth-order valence-electron chi connectivity index (χ4n) is 2.73. The number of likely N-dealkylation sites (N-methyl/N-ethyl adjacent to an activating group) is 1. The minimum absolute atomic E-state index is 0.0215. The van der Waals surface area contributed by atoms with Gasteiger partial charge in [-0.05, 0) is 43.3 Å². The van der Waals surface area contributed by atoms with Crippen LogP contribution in [0.1, 0.15) is 12.7 Å². The molecule has 1 aromatic heterocycles. The maximum atomic E-state index is 13.0. The second-order valence-electron chi connectivity index (χ2n) is 6.22. The zero-order valence-electron chi connectivity index (χ0n) is 15.6. The Morgan fingerprint density at radius 2 is 1.86 bits per heavy atom. The van der Waals surface area contributed by atoms with Crippen molar-refractivity contribution in [1.29, 1.82) is 0 Å². The summed E-state index contributed by atoms with van der Waals surface area (Å²) in [5.41, 5.74) is 0.192. The monoisotopic (exact) mass is 418 g/mol. The average molecular weight is 418 g/mol. The highest BCUT2D eigenvalue weighted by Gasteiger charge is 2.19. The van der Waals surface area contributed by atoms with E-state index < -0.39 is 28.3 Å². The van der Waals surface area contributed by atoms with Gasteiger partial charge in [0.15, 0.2) is 0 Å². The lowest BCUT2D eigenvalue weighted by atomic mass is 10.2. The second-order valence-corrected chi connectivity index (χ2v) is 7.98. The summed E-state index contributed by atoms with van der Waals surface area (Å²) in [6.45, 7) is 1.55. The van der Waals surface area contributed by atoms with Crippen LogP contribution >= 0.6 is 0 Å². The molecule has 1 heterocycles. The molecule has 0 aliphatic rings. The second kappa shape index (κ2) is 8.50. The van der Waals surface area contributed by atoms with Crippen LogP contribution in [0.2, 0.25) is 0 Å². The summed E-state index contributed by atoms with van der Waals surface area (Å²) in [6.07, 6.45) is 0. The van der Waals surface area contributed by atoms with E-state index in [9.17, 15) is 22.4 Å². The number of aromatic amines is 1. The summed E-state index contributed by atoms with van der Waals surface area (Å²) in [5.74, 6) is -0.756. The maximum Gasteiger partial charge on any atom is 0.258 e. The van der Waals surface area contributed by atoms with Crippen molar-refractivity contribution in [1.82, 2.24) is 19.6 Å². The summed E-state index contributed by atoms with van der Waals surface area (Å²) in [6, 6.07) is 11.1. The summed E-state index contributed by atoms with van der Waals surface area (Å²) < 4.78 is 39.7. The van der Waals surface area contributed by atoms with Gasteiger partial charge in [-0.25, -0.2) is 22.5 Å². The topological polar surface area (TPSA) is 112 Å². The minimum Gasteiger partial charge on any atom is -0.334 e. The number of fused-ring (bicyclic) bond motifs is 1. The van der Waals surface area contributed by atoms with Crippen molar-refractivity contribution < 1.29 is 17.6 Å². The van der Waals surface area contributed by atoms with E-state index in [0.29, 0.717) is 16.7 Å². The molecule has 0 unspecified atom stereocenters. The number of amides is 1. The summed E-state index contributed by atoms with van der Waals surface area (Å²) >= 11 is 0. The number of halogens is 1. The predicted octanol–water partition coefficient (Wildman–Crippen LogP) is 1.39. The molecule has 10 heteroatoms. The van der Waals surface area contributed by atoms with Crippen LogP contribution in [0.25, 0.3) is 10.9 Å². The lowest BCUT2D eigenvalue weighted by Gasteiger charge is -2.20.